The van der Waals surface area contributed by atoms with E-state index in [1.165, 1.54) is 12.1 Å². The van der Waals surface area contributed by atoms with Gasteiger partial charge in [-0.25, -0.2) is 8.78 Å². The number of benzene rings is 1. The summed E-state index contributed by atoms with van der Waals surface area (Å²) < 4.78 is 27.4. The van der Waals surface area contributed by atoms with Crippen molar-refractivity contribution in [3.05, 3.63) is 33.8 Å². The van der Waals surface area contributed by atoms with Crippen molar-refractivity contribution < 1.29 is 13.6 Å². The predicted octanol–water partition coefficient (Wildman–Crippen LogP) is 2.10. The fraction of sp³-hybridized carbons (Fsp3) is 0.417. The van der Waals surface area contributed by atoms with Crippen LogP contribution in [0, 0.1) is 11.6 Å². The van der Waals surface area contributed by atoms with Gasteiger partial charge in [0.15, 0.2) is 0 Å². The van der Waals surface area contributed by atoms with Crippen molar-refractivity contribution in [3.8, 4) is 0 Å². The SMILES string of the molecule is O=C1NCCCC1NCc1c(F)ccc(Br)c1F. The average Bonchev–Trinajstić information content (AvgIpc) is 2.36. The number of carbonyl (C=O) groups excluding carboxylic acids is 1. The van der Waals surface area contributed by atoms with Gasteiger partial charge >= 0.3 is 0 Å². The number of rotatable bonds is 3. The van der Waals surface area contributed by atoms with Crippen LogP contribution in [0.4, 0.5) is 8.78 Å². The number of amides is 1. The molecule has 6 heteroatoms. The van der Waals surface area contributed by atoms with Gasteiger partial charge in [-0.1, -0.05) is 0 Å². The van der Waals surface area contributed by atoms with E-state index in [1.54, 1.807) is 0 Å². The van der Waals surface area contributed by atoms with Gasteiger partial charge < -0.3 is 10.6 Å². The summed E-state index contributed by atoms with van der Waals surface area (Å²) >= 11 is 3.01. The number of halogens is 3. The molecule has 1 amide bonds. The molecule has 3 nitrogen and oxygen atoms in total. The molecule has 1 saturated heterocycles. The molecule has 1 fully saturated rings. The fourth-order valence-corrected chi connectivity index (χ4v) is 2.29. The van der Waals surface area contributed by atoms with Gasteiger partial charge in [-0.3, -0.25) is 4.79 Å². The maximum Gasteiger partial charge on any atom is 0.237 e. The normalized spacial score (nSPS) is 19.7. The van der Waals surface area contributed by atoms with E-state index in [9.17, 15) is 13.6 Å². The van der Waals surface area contributed by atoms with Crippen LogP contribution in [-0.2, 0) is 11.3 Å². The lowest BCUT2D eigenvalue weighted by Crippen LogP contribution is -2.48. The van der Waals surface area contributed by atoms with Crippen LogP contribution in [0.25, 0.3) is 0 Å². The molecule has 0 aliphatic carbocycles. The molecule has 1 aliphatic rings. The second kappa shape index (κ2) is 5.75. The molecule has 1 unspecified atom stereocenters. The van der Waals surface area contributed by atoms with Crippen molar-refractivity contribution in [3.63, 3.8) is 0 Å². The quantitative estimate of drug-likeness (QED) is 0.838. The van der Waals surface area contributed by atoms with Crippen molar-refractivity contribution in [1.82, 2.24) is 10.6 Å². The maximum atomic E-state index is 13.7. The molecule has 18 heavy (non-hydrogen) atoms. The van der Waals surface area contributed by atoms with E-state index in [0.29, 0.717) is 13.0 Å². The first-order chi connectivity index (χ1) is 8.59. The van der Waals surface area contributed by atoms with Crippen LogP contribution in [0.2, 0.25) is 0 Å². The first-order valence-electron chi connectivity index (χ1n) is 5.73. The number of hydrogen-bond donors (Lipinski definition) is 2. The van der Waals surface area contributed by atoms with Crippen molar-refractivity contribution in [1.29, 1.82) is 0 Å². The minimum atomic E-state index is -0.626. The molecule has 1 aliphatic heterocycles. The highest BCUT2D eigenvalue weighted by molar-refractivity contribution is 9.10. The van der Waals surface area contributed by atoms with Gasteiger partial charge in [0, 0.05) is 18.7 Å². The Labute approximate surface area is 112 Å². The Bertz CT molecular complexity index is 468. The van der Waals surface area contributed by atoms with Gasteiger partial charge in [-0.2, -0.15) is 0 Å². The molecular weight excluding hydrogens is 306 g/mol. The minimum absolute atomic E-state index is 0.00477. The third kappa shape index (κ3) is 2.87. The number of nitrogens with one attached hydrogen (secondary N) is 2. The summed E-state index contributed by atoms with van der Waals surface area (Å²) in [7, 11) is 0. The summed E-state index contributed by atoms with van der Waals surface area (Å²) in [5.74, 6) is -1.35. The van der Waals surface area contributed by atoms with Crippen LogP contribution in [-0.4, -0.2) is 18.5 Å². The number of piperidine rings is 1. The lowest BCUT2D eigenvalue weighted by molar-refractivity contribution is -0.124. The van der Waals surface area contributed by atoms with Crippen LogP contribution in [0.15, 0.2) is 16.6 Å². The largest absolute Gasteiger partial charge is 0.355 e. The van der Waals surface area contributed by atoms with E-state index in [4.69, 9.17) is 0 Å². The summed E-state index contributed by atoms with van der Waals surface area (Å²) in [6.45, 7) is 0.659. The van der Waals surface area contributed by atoms with Crippen molar-refractivity contribution in [2.45, 2.75) is 25.4 Å². The van der Waals surface area contributed by atoms with Crippen LogP contribution in [0.3, 0.4) is 0 Å². The molecule has 1 heterocycles. The molecular formula is C12H13BrF2N2O. The number of hydrogen-bond acceptors (Lipinski definition) is 2. The van der Waals surface area contributed by atoms with Crippen molar-refractivity contribution in [2.75, 3.05) is 6.54 Å². The van der Waals surface area contributed by atoms with E-state index in [-0.39, 0.29) is 28.5 Å². The summed E-state index contributed by atoms with van der Waals surface area (Å²) in [6.07, 6.45) is 1.55. The molecule has 1 atom stereocenters. The third-order valence-electron chi connectivity index (χ3n) is 2.95. The van der Waals surface area contributed by atoms with Crippen LogP contribution < -0.4 is 10.6 Å². The van der Waals surface area contributed by atoms with Crippen molar-refractivity contribution >= 4 is 21.8 Å². The Morgan fingerprint density at radius 3 is 2.94 bits per heavy atom. The number of carbonyl (C=O) groups is 1. The predicted molar refractivity (Wildman–Crippen MR) is 66.9 cm³/mol. The Morgan fingerprint density at radius 2 is 2.22 bits per heavy atom. The van der Waals surface area contributed by atoms with Gasteiger partial charge in [0.05, 0.1) is 10.5 Å². The molecule has 2 rings (SSSR count). The molecule has 0 saturated carbocycles. The van der Waals surface area contributed by atoms with Crippen molar-refractivity contribution in [2.24, 2.45) is 0 Å². The van der Waals surface area contributed by atoms with E-state index in [1.807, 2.05) is 0 Å². The monoisotopic (exact) mass is 318 g/mol. The molecule has 0 aromatic heterocycles. The van der Waals surface area contributed by atoms with E-state index in [2.05, 4.69) is 26.6 Å². The average molecular weight is 319 g/mol. The maximum absolute atomic E-state index is 13.7. The first-order valence-corrected chi connectivity index (χ1v) is 6.52. The van der Waals surface area contributed by atoms with E-state index in [0.717, 1.165) is 6.42 Å². The topological polar surface area (TPSA) is 41.1 Å². The standard InChI is InChI=1S/C12H13BrF2N2O/c13-8-3-4-9(14)7(11(8)15)6-17-10-2-1-5-16-12(10)18/h3-4,10,17H,1-2,5-6H2,(H,16,18). The zero-order valence-corrected chi connectivity index (χ0v) is 11.2. The smallest absolute Gasteiger partial charge is 0.237 e. The molecule has 0 radical (unpaired) electrons. The zero-order valence-electron chi connectivity index (χ0n) is 9.60. The second-order valence-electron chi connectivity index (χ2n) is 4.19. The highest BCUT2D eigenvalue weighted by Gasteiger charge is 2.22. The fourth-order valence-electron chi connectivity index (χ4n) is 1.92. The molecule has 98 valence electrons. The lowest BCUT2D eigenvalue weighted by Gasteiger charge is -2.23. The van der Waals surface area contributed by atoms with Gasteiger partial charge in [-0.05, 0) is 40.9 Å². The van der Waals surface area contributed by atoms with Gasteiger partial charge in [0.1, 0.15) is 11.6 Å². The molecule has 1 aromatic rings. The Hall–Kier alpha value is -1.01. The van der Waals surface area contributed by atoms with Gasteiger partial charge in [0.25, 0.3) is 0 Å². The first kappa shape index (κ1) is 13.4. The Morgan fingerprint density at radius 1 is 1.44 bits per heavy atom. The second-order valence-corrected chi connectivity index (χ2v) is 5.04. The highest BCUT2D eigenvalue weighted by atomic mass is 79.9. The molecule has 2 N–H and O–H groups in total. The van der Waals surface area contributed by atoms with Gasteiger partial charge in [-0.15, -0.1) is 0 Å². The Balaban J connectivity index is 2.06. The van der Waals surface area contributed by atoms with Crippen LogP contribution >= 0.6 is 15.9 Å². The summed E-state index contributed by atoms with van der Waals surface area (Å²) in [5.41, 5.74) is -0.0530. The highest BCUT2D eigenvalue weighted by Crippen LogP contribution is 2.21. The Kier molecular flexibility index (Phi) is 4.29. The minimum Gasteiger partial charge on any atom is -0.355 e. The lowest BCUT2D eigenvalue weighted by atomic mass is 10.1. The zero-order chi connectivity index (χ0) is 13.1. The van der Waals surface area contributed by atoms with Crippen LogP contribution in [0.1, 0.15) is 18.4 Å². The molecule has 0 bridgehead atoms. The summed E-state index contributed by atoms with van der Waals surface area (Å²) in [6, 6.07) is 2.14. The summed E-state index contributed by atoms with van der Waals surface area (Å²) in [4.78, 5) is 11.5. The third-order valence-corrected chi connectivity index (χ3v) is 3.56. The molecule has 1 aromatic carbocycles. The summed E-state index contributed by atoms with van der Waals surface area (Å²) in [5, 5.41) is 5.59. The molecule has 0 spiro atoms. The van der Waals surface area contributed by atoms with Crippen LogP contribution in [0.5, 0.6) is 0 Å². The van der Waals surface area contributed by atoms with Gasteiger partial charge in [0.2, 0.25) is 5.91 Å². The van der Waals surface area contributed by atoms with E-state index < -0.39 is 11.6 Å². The van der Waals surface area contributed by atoms with E-state index >= 15 is 0 Å².